The molecule has 1 saturated heterocycles. The maximum Gasteiger partial charge on any atom is 0.229 e. The molecule has 3 rings (SSSR count). The number of carbonyl (C=O) groups is 2. The number of carbonyl (C=O) groups excluding carboxylic acids is 2. The lowest BCUT2D eigenvalue weighted by Gasteiger charge is -2.22. The van der Waals surface area contributed by atoms with Crippen molar-refractivity contribution < 1.29 is 14.3 Å². The molecule has 0 aliphatic carbocycles. The van der Waals surface area contributed by atoms with Gasteiger partial charge >= 0.3 is 0 Å². The second kappa shape index (κ2) is 8.99. The lowest BCUT2D eigenvalue weighted by atomic mass is 10.1. The van der Waals surface area contributed by atoms with Crippen molar-refractivity contribution in [3.05, 3.63) is 48.0 Å². The van der Waals surface area contributed by atoms with Gasteiger partial charge in [-0.25, -0.2) is 0 Å². The summed E-state index contributed by atoms with van der Waals surface area (Å²) in [6.07, 6.45) is 0.195. The summed E-state index contributed by atoms with van der Waals surface area (Å²) < 4.78 is 5.36. The highest BCUT2D eigenvalue weighted by Crippen LogP contribution is 2.33. The van der Waals surface area contributed by atoms with E-state index in [0.29, 0.717) is 18.0 Å². The zero-order valence-electron chi connectivity index (χ0n) is 17.6. The van der Waals surface area contributed by atoms with Crippen molar-refractivity contribution in [2.45, 2.75) is 27.2 Å². The van der Waals surface area contributed by atoms with Crippen molar-refractivity contribution >= 4 is 28.9 Å². The predicted octanol–water partition coefficient (Wildman–Crippen LogP) is 3.84. The fraction of sp³-hybridized carbons (Fsp3) is 0.391. The normalized spacial score (nSPS) is 16.1. The molecule has 0 bridgehead atoms. The number of anilines is 3. The molecule has 0 aromatic heterocycles. The Morgan fingerprint density at radius 1 is 1.21 bits per heavy atom. The van der Waals surface area contributed by atoms with E-state index in [0.717, 1.165) is 30.0 Å². The minimum atomic E-state index is -0.394. The molecule has 6 nitrogen and oxygen atoms in total. The van der Waals surface area contributed by atoms with Crippen molar-refractivity contribution in [3.8, 4) is 5.75 Å². The number of hydrogen-bond acceptors (Lipinski definition) is 4. The molecule has 2 aromatic rings. The zero-order chi connectivity index (χ0) is 21.0. The van der Waals surface area contributed by atoms with Gasteiger partial charge in [-0.15, -0.1) is 0 Å². The van der Waals surface area contributed by atoms with Gasteiger partial charge in [-0.1, -0.05) is 12.1 Å². The minimum absolute atomic E-state index is 0.0664. The molecule has 1 N–H and O–H groups in total. The van der Waals surface area contributed by atoms with Crippen molar-refractivity contribution in [2.24, 2.45) is 5.92 Å². The molecule has 1 heterocycles. The lowest BCUT2D eigenvalue weighted by Crippen LogP contribution is -2.28. The van der Waals surface area contributed by atoms with Gasteiger partial charge < -0.3 is 19.9 Å². The summed E-state index contributed by atoms with van der Waals surface area (Å²) in [7, 11) is 1.58. The average molecular weight is 396 g/mol. The molecule has 6 heteroatoms. The summed E-state index contributed by atoms with van der Waals surface area (Å²) in [5.41, 5.74) is 3.64. The maximum absolute atomic E-state index is 12.8. The van der Waals surface area contributed by atoms with E-state index in [2.05, 4.69) is 30.1 Å². The molecule has 2 amide bonds. The first kappa shape index (κ1) is 20.7. The molecule has 1 aliphatic heterocycles. The van der Waals surface area contributed by atoms with Crippen molar-refractivity contribution in [3.63, 3.8) is 0 Å². The number of ether oxygens (including phenoxy) is 1. The standard InChI is InChI=1S/C23H29N3O3/c1-5-25(6-2)18-11-12-19(16(3)13-18)24-23(28)17-14-22(27)26(15-17)20-9-7-8-10-21(20)29-4/h7-13,17H,5-6,14-15H2,1-4H3,(H,24,28). The molecule has 29 heavy (non-hydrogen) atoms. The van der Waals surface area contributed by atoms with E-state index in [1.807, 2.05) is 43.3 Å². The maximum atomic E-state index is 12.8. The van der Waals surface area contributed by atoms with E-state index in [-0.39, 0.29) is 18.2 Å². The highest BCUT2D eigenvalue weighted by atomic mass is 16.5. The van der Waals surface area contributed by atoms with Crippen molar-refractivity contribution in [1.82, 2.24) is 0 Å². The number of hydrogen-bond donors (Lipinski definition) is 1. The van der Waals surface area contributed by atoms with E-state index in [9.17, 15) is 9.59 Å². The minimum Gasteiger partial charge on any atom is -0.495 e. The van der Waals surface area contributed by atoms with Gasteiger partial charge in [0.15, 0.2) is 0 Å². The zero-order valence-corrected chi connectivity index (χ0v) is 17.6. The molecule has 0 spiro atoms. The molecule has 2 aromatic carbocycles. The number of para-hydroxylation sites is 2. The van der Waals surface area contributed by atoms with E-state index in [4.69, 9.17) is 4.74 Å². The number of rotatable bonds is 7. The first-order valence-corrected chi connectivity index (χ1v) is 10.1. The van der Waals surface area contributed by atoms with Crippen LogP contribution in [0.4, 0.5) is 17.1 Å². The molecule has 0 saturated carbocycles. The summed E-state index contributed by atoms with van der Waals surface area (Å²) in [5, 5.41) is 3.01. The Balaban J connectivity index is 1.71. The summed E-state index contributed by atoms with van der Waals surface area (Å²) in [5.74, 6) is 0.0386. The molecular weight excluding hydrogens is 366 g/mol. The van der Waals surface area contributed by atoms with Crippen LogP contribution in [0.15, 0.2) is 42.5 Å². The Morgan fingerprint density at radius 3 is 2.59 bits per heavy atom. The van der Waals surface area contributed by atoms with Crippen LogP contribution in [0.2, 0.25) is 0 Å². The van der Waals surface area contributed by atoms with Gasteiger partial charge in [0.25, 0.3) is 0 Å². The first-order chi connectivity index (χ1) is 14.0. The third kappa shape index (κ3) is 4.36. The van der Waals surface area contributed by atoms with Gasteiger partial charge in [0, 0.05) is 37.4 Å². The van der Waals surface area contributed by atoms with Crippen LogP contribution in [0.5, 0.6) is 5.75 Å². The summed E-state index contributed by atoms with van der Waals surface area (Å²) >= 11 is 0. The van der Waals surface area contributed by atoms with Crippen LogP contribution in [-0.2, 0) is 9.59 Å². The van der Waals surface area contributed by atoms with Crippen LogP contribution >= 0.6 is 0 Å². The SMILES string of the molecule is CCN(CC)c1ccc(NC(=O)C2CC(=O)N(c3ccccc3OC)C2)c(C)c1. The fourth-order valence-corrected chi connectivity index (χ4v) is 3.78. The Hall–Kier alpha value is -3.02. The van der Waals surface area contributed by atoms with Crippen LogP contribution in [0, 0.1) is 12.8 Å². The number of benzene rings is 2. The summed E-state index contributed by atoms with van der Waals surface area (Å²) in [6, 6.07) is 13.4. The largest absolute Gasteiger partial charge is 0.495 e. The van der Waals surface area contributed by atoms with E-state index in [1.54, 1.807) is 12.0 Å². The summed E-state index contributed by atoms with van der Waals surface area (Å²) in [6.45, 7) is 8.46. The number of aryl methyl sites for hydroxylation is 1. The van der Waals surface area contributed by atoms with Crippen molar-refractivity contribution in [2.75, 3.05) is 41.9 Å². The molecule has 1 atom stereocenters. The predicted molar refractivity (Wildman–Crippen MR) is 117 cm³/mol. The van der Waals surface area contributed by atoms with E-state index in [1.165, 1.54) is 0 Å². The molecule has 0 radical (unpaired) electrons. The third-order valence-electron chi connectivity index (χ3n) is 5.47. The van der Waals surface area contributed by atoms with E-state index < -0.39 is 5.92 Å². The molecule has 1 unspecified atom stereocenters. The number of methoxy groups -OCH3 is 1. The van der Waals surface area contributed by atoms with E-state index >= 15 is 0 Å². The molecule has 154 valence electrons. The monoisotopic (exact) mass is 395 g/mol. The van der Waals surface area contributed by atoms with Gasteiger partial charge in [-0.3, -0.25) is 9.59 Å². The van der Waals surface area contributed by atoms with Gasteiger partial charge in [-0.05, 0) is 56.7 Å². The Labute approximate surface area is 172 Å². The number of nitrogens with one attached hydrogen (secondary N) is 1. The lowest BCUT2D eigenvalue weighted by molar-refractivity contribution is -0.122. The van der Waals surface area contributed by atoms with Crippen LogP contribution in [0.1, 0.15) is 25.8 Å². The third-order valence-corrected chi connectivity index (χ3v) is 5.47. The number of nitrogens with zero attached hydrogens (tertiary/aromatic N) is 2. The Bertz CT molecular complexity index is 893. The smallest absolute Gasteiger partial charge is 0.229 e. The summed E-state index contributed by atoms with van der Waals surface area (Å²) in [4.78, 5) is 29.3. The highest BCUT2D eigenvalue weighted by molar-refractivity contribution is 6.04. The molecule has 1 fully saturated rings. The molecule has 1 aliphatic rings. The second-order valence-corrected chi connectivity index (χ2v) is 7.24. The fourth-order valence-electron chi connectivity index (χ4n) is 3.78. The average Bonchev–Trinajstić information content (AvgIpc) is 3.12. The number of amides is 2. The van der Waals surface area contributed by atoms with Gasteiger partial charge in [-0.2, -0.15) is 0 Å². The quantitative estimate of drug-likeness (QED) is 0.774. The van der Waals surface area contributed by atoms with Crippen LogP contribution in [0.3, 0.4) is 0 Å². The first-order valence-electron chi connectivity index (χ1n) is 10.1. The van der Waals surface area contributed by atoms with Crippen LogP contribution < -0.4 is 19.9 Å². The van der Waals surface area contributed by atoms with Crippen LogP contribution in [-0.4, -0.2) is 38.6 Å². The molecular formula is C23H29N3O3. The van der Waals surface area contributed by atoms with Crippen LogP contribution in [0.25, 0.3) is 0 Å². The highest BCUT2D eigenvalue weighted by Gasteiger charge is 2.36. The van der Waals surface area contributed by atoms with Gasteiger partial charge in [0.2, 0.25) is 11.8 Å². The topological polar surface area (TPSA) is 61.9 Å². The second-order valence-electron chi connectivity index (χ2n) is 7.24. The van der Waals surface area contributed by atoms with Gasteiger partial charge in [0.1, 0.15) is 5.75 Å². The van der Waals surface area contributed by atoms with Crippen molar-refractivity contribution in [1.29, 1.82) is 0 Å². The van der Waals surface area contributed by atoms with Gasteiger partial charge in [0.05, 0.1) is 18.7 Å². The Morgan fingerprint density at radius 2 is 1.93 bits per heavy atom. The Kier molecular flexibility index (Phi) is 6.42.